The van der Waals surface area contributed by atoms with E-state index in [4.69, 9.17) is 0 Å². The summed E-state index contributed by atoms with van der Waals surface area (Å²) in [5.41, 5.74) is -0.540. The van der Waals surface area contributed by atoms with Crippen LogP contribution in [0.5, 0.6) is 0 Å². The minimum absolute atomic E-state index is 0.00477. The number of nitro groups is 1. The predicted molar refractivity (Wildman–Crippen MR) is 95.6 cm³/mol. The van der Waals surface area contributed by atoms with Crippen LogP contribution in [-0.4, -0.2) is 15.0 Å². The maximum atomic E-state index is 13.9. The Morgan fingerprint density at radius 2 is 1.81 bits per heavy atom. The summed E-state index contributed by atoms with van der Waals surface area (Å²) in [5, 5.41) is 31.9. The Bertz CT molecular complexity index is 1080. The van der Waals surface area contributed by atoms with Gasteiger partial charge in [-0.15, -0.1) is 11.3 Å². The first-order valence-electron chi connectivity index (χ1n) is 7.41. The summed E-state index contributed by atoms with van der Waals surface area (Å²) in [6.07, 6.45) is 0. The minimum atomic E-state index is -0.797. The molecule has 0 radical (unpaired) electrons. The molecule has 3 rings (SSSR count). The number of hydrogen-bond donors (Lipinski definition) is 1. The fourth-order valence-electron chi connectivity index (χ4n) is 2.33. The van der Waals surface area contributed by atoms with Crippen LogP contribution < -0.4 is 0 Å². The largest absolute Gasteiger partial charge is 0.506 e. The van der Waals surface area contributed by atoms with Gasteiger partial charge in [-0.1, -0.05) is 6.07 Å². The lowest BCUT2D eigenvalue weighted by molar-refractivity contribution is -0.384. The average molecular weight is 385 g/mol. The van der Waals surface area contributed by atoms with E-state index >= 15 is 0 Å². The molecule has 1 aromatic heterocycles. The summed E-state index contributed by atoms with van der Waals surface area (Å²) in [6, 6.07) is 10.2. The number of rotatable bonds is 4. The molecule has 0 aliphatic heterocycles. The van der Waals surface area contributed by atoms with Crippen molar-refractivity contribution in [3.05, 3.63) is 80.2 Å². The van der Waals surface area contributed by atoms with Crippen LogP contribution in [0.3, 0.4) is 0 Å². The van der Waals surface area contributed by atoms with E-state index in [0.29, 0.717) is 0 Å². The number of nitriles is 1. The van der Waals surface area contributed by atoms with Crippen LogP contribution in [0.2, 0.25) is 0 Å². The normalized spacial score (nSPS) is 11.6. The molecule has 0 unspecified atom stereocenters. The summed E-state index contributed by atoms with van der Waals surface area (Å²) in [7, 11) is 0. The number of benzene rings is 2. The lowest BCUT2D eigenvalue weighted by atomic mass is 10.1. The molecule has 0 saturated carbocycles. The van der Waals surface area contributed by atoms with Crippen LogP contribution in [0.25, 0.3) is 22.6 Å². The maximum absolute atomic E-state index is 13.9. The number of non-ortho nitro benzene ring substituents is 1. The zero-order valence-electron chi connectivity index (χ0n) is 13.4. The van der Waals surface area contributed by atoms with Crippen LogP contribution in [0.15, 0.2) is 47.8 Å². The molecule has 3 aromatic rings. The van der Waals surface area contributed by atoms with Gasteiger partial charge in [-0.3, -0.25) is 10.1 Å². The average Bonchev–Trinajstić information content (AvgIpc) is 3.11. The molecule has 6 nitrogen and oxygen atoms in total. The molecule has 0 spiro atoms. The van der Waals surface area contributed by atoms with E-state index in [1.165, 1.54) is 35.7 Å². The molecule has 0 amide bonds. The molecule has 0 atom stereocenters. The molecule has 0 aliphatic carbocycles. The lowest BCUT2D eigenvalue weighted by Gasteiger charge is -2.03. The van der Waals surface area contributed by atoms with Crippen LogP contribution >= 0.6 is 11.3 Å². The van der Waals surface area contributed by atoms with Crippen molar-refractivity contribution in [1.29, 1.82) is 5.26 Å². The summed E-state index contributed by atoms with van der Waals surface area (Å²) in [6.45, 7) is 0. The molecule has 0 aliphatic rings. The Labute approximate surface area is 155 Å². The topological polar surface area (TPSA) is 100 Å². The standard InChI is InChI=1S/C18H9F2N3O3S/c19-13-2-1-3-14(20)16(13)15-9-27-18(22-15)12(8-21)17(24)10-4-6-11(7-5-10)23(25)26/h1-7,9,24H/b17-12+. The monoisotopic (exact) mass is 385 g/mol. The van der Waals surface area contributed by atoms with E-state index in [-0.39, 0.29) is 33.1 Å². The lowest BCUT2D eigenvalue weighted by Crippen LogP contribution is -1.93. The van der Waals surface area contributed by atoms with Gasteiger partial charge in [0.15, 0.2) is 0 Å². The van der Waals surface area contributed by atoms with E-state index in [1.807, 2.05) is 0 Å². The van der Waals surface area contributed by atoms with Crippen molar-refractivity contribution in [2.75, 3.05) is 0 Å². The highest BCUT2D eigenvalue weighted by molar-refractivity contribution is 7.11. The van der Waals surface area contributed by atoms with Gasteiger partial charge in [-0.2, -0.15) is 5.26 Å². The Morgan fingerprint density at radius 1 is 1.19 bits per heavy atom. The van der Waals surface area contributed by atoms with Crippen LogP contribution in [0.1, 0.15) is 10.6 Å². The molecule has 27 heavy (non-hydrogen) atoms. The molecule has 1 heterocycles. The summed E-state index contributed by atoms with van der Waals surface area (Å²) < 4.78 is 27.8. The van der Waals surface area contributed by atoms with Crippen molar-refractivity contribution in [2.45, 2.75) is 0 Å². The van der Waals surface area contributed by atoms with Crippen molar-refractivity contribution in [1.82, 2.24) is 4.98 Å². The summed E-state index contributed by atoms with van der Waals surface area (Å²) >= 11 is 0.932. The van der Waals surface area contributed by atoms with Crippen molar-refractivity contribution in [3.63, 3.8) is 0 Å². The molecule has 0 bridgehead atoms. The van der Waals surface area contributed by atoms with E-state index in [9.17, 15) is 29.3 Å². The first-order valence-corrected chi connectivity index (χ1v) is 8.28. The highest BCUT2D eigenvalue weighted by Gasteiger charge is 2.19. The van der Waals surface area contributed by atoms with Crippen molar-refractivity contribution in [2.24, 2.45) is 0 Å². The van der Waals surface area contributed by atoms with Gasteiger partial charge in [-0.25, -0.2) is 13.8 Å². The number of aliphatic hydroxyl groups excluding tert-OH is 1. The quantitative estimate of drug-likeness (QED) is 0.296. The zero-order chi connectivity index (χ0) is 19.6. The van der Waals surface area contributed by atoms with Crippen LogP contribution in [0, 0.1) is 33.1 Å². The molecule has 1 N–H and O–H groups in total. The number of aromatic nitrogens is 1. The van der Waals surface area contributed by atoms with Crippen LogP contribution in [-0.2, 0) is 0 Å². The van der Waals surface area contributed by atoms with Gasteiger partial charge in [0.05, 0.1) is 16.2 Å². The smallest absolute Gasteiger partial charge is 0.269 e. The van der Waals surface area contributed by atoms with E-state index in [2.05, 4.69) is 4.98 Å². The highest BCUT2D eigenvalue weighted by atomic mass is 32.1. The van der Waals surface area contributed by atoms with E-state index < -0.39 is 22.3 Å². The number of halogens is 2. The third kappa shape index (κ3) is 3.51. The molecule has 9 heteroatoms. The van der Waals surface area contributed by atoms with Crippen LogP contribution in [0.4, 0.5) is 14.5 Å². The molecular formula is C18H9F2N3O3S. The Kier molecular flexibility index (Phi) is 4.92. The van der Waals surface area contributed by atoms with Crippen molar-refractivity contribution < 1.29 is 18.8 Å². The number of thiazole rings is 1. The number of aliphatic hydroxyl groups is 1. The van der Waals surface area contributed by atoms with Crippen molar-refractivity contribution >= 4 is 28.4 Å². The number of nitrogens with zero attached hydrogens (tertiary/aromatic N) is 3. The number of hydrogen-bond acceptors (Lipinski definition) is 6. The second-order valence-electron chi connectivity index (χ2n) is 5.27. The van der Waals surface area contributed by atoms with Crippen molar-refractivity contribution in [3.8, 4) is 17.3 Å². The molecule has 0 fully saturated rings. The van der Waals surface area contributed by atoms with Gasteiger partial charge < -0.3 is 5.11 Å². The Morgan fingerprint density at radius 3 is 2.37 bits per heavy atom. The third-order valence-electron chi connectivity index (χ3n) is 3.64. The molecule has 0 saturated heterocycles. The third-order valence-corrected chi connectivity index (χ3v) is 4.50. The molecule has 2 aromatic carbocycles. The van der Waals surface area contributed by atoms with Gasteiger partial charge >= 0.3 is 0 Å². The minimum Gasteiger partial charge on any atom is -0.506 e. The summed E-state index contributed by atoms with van der Waals surface area (Å²) in [5.74, 6) is -2.04. The van der Waals surface area contributed by atoms with E-state index in [1.54, 1.807) is 6.07 Å². The predicted octanol–water partition coefficient (Wildman–Crippen LogP) is 4.95. The maximum Gasteiger partial charge on any atom is 0.269 e. The Hall–Kier alpha value is -3.64. The van der Waals surface area contributed by atoms with Gasteiger partial charge in [0.2, 0.25) is 0 Å². The SMILES string of the molecule is N#C/C(=C(\O)c1ccc([N+](=O)[O-])cc1)c1nc(-c2c(F)cccc2F)cs1. The zero-order valence-corrected chi connectivity index (χ0v) is 14.2. The van der Waals surface area contributed by atoms with Gasteiger partial charge in [0.25, 0.3) is 5.69 Å². The van der Waals surface area contributed by atoms with E-state index in [0.717, 1.165) is 23.5 Å². The van der Waals surface area contributed by atoms with Gasteiger partial charge in [0.1, 0.15) is 34.0 Å². The fourth-order valence-corrected chi connectivity index (χ4v) is 3.14. The highest BCUT2D eigenvalue weighted by Crippen LogP contribution is 2.32. The van der Waals surface area contributed by atoms with Gasteiger partial charge in [0, 0.05) is 23.1 Å². The number of nitro benzene ring substituents is 1. The second kappa shape index (κ2) is 7.31. The Balaban J connectivity index is 2.04. The molecule has 134 valence electrons. The van der Waals surface area contributed by atoms with Gasteiger partial charge in [-0.05, 0) is 24.3 Å². The fraction of sp³-hybridized carbons (Fsp3) is 0. The first-order chi connectivity index (χ1) is 12.9. The number of allylic oxidation sites excluding steroid dienone is 1. The first kappa shape index (κ1) is 18.2. The second-order valence-corrected chi connectivity index (χ2v) is 6.13. The molecular weight excluding hydrogens is 376 g/mol. The summed E-state index contributed by atoms with van der Waals surface area (Å²) in [4.78, 5) is 14.2.